The SMILES string of the molecule is CC/C=C\C/C=C\C/C=C\C/C=C\CCCCCCCCCOCC(COP(=O)(O)OCCN)OC(=O)CCCCCCCCCCCCC/C=C\CCCCCCCCCC. The fourth-order valence-corrected chi connectivity index (χ4v) is 7.93. The van der Waals surface area contributed by atoms with Gasteiger partial charge < -0.3 is 20.1 Å². The lowest BCUT2D eigenvalue weighted by atomic mass is 10.0. The van der Waals surface area contributed by atoms with E-state index >= 15 is 0 Å². The first-order valence-corrected chi connectivity index (χ1v) is 27.3. The highest BCUT2D eigenvalue weighted by Crippen LogP contribution is 2.43. The highest BCUT2D eigenvalue weighted by atomic mass is 31.2. The number of ether oxygens (including phenoxy) is 2. The molecule has 0 radical (unpaired) electrons. The first-order chi connectivity index (χ1) is 30.4. The molecule has 0 saturated carbocycles. The van der Waals surface area contributed by atoms with E-state index in [2.05, 4.69) is 74.6 Å². The molecule has 8 nitrogen and oxygen atoms in total. The Morgan fingerprint density at radius 1 is 0.500 bits per heavy atom. The van der Waals surface area contributed by atoms with Gasteiger partial charge in [0.2, 0.25) is 0 Å². The van der Waals surface area contributed by atoms with Crippen LogP contribution in [0.4, 0.5) is 0 Å². The second kappa shape index (κ2) is 50.2. The van der Waals surface area contributed by atoms with Gasteiger partial charge in [0, 0.05) is 19.6 Å². The maximum atomic E-state index is 12.7. The quantitative estimate of drug-likeness (QED) is 0.0268. The number of rotatable bonds is 49. The van der Waals surface area contributed by atoms with Crippen LogP contribution in [0.15, 0.2) is 60.8 Å². The van der Waals surface area contributed by atoms with Crippen molar-refractivity contribution in [2.45, 2.75) is 238 Å². The summed E-state index contributed by atoms with van der Waals surface area (Å²) in [7, 11) is -4.29. The second-order valence-corrected chi connectivity index (χ2v) is 18.5. The maximum Gasteiger partial charge on any atom is 0.472 e. The fraction of sp³-hybridized carbons (Fsp3) is 0.792. The van der Waals surface area contributed by atoms with Crippen LogP contribution in [0, 0.1) is 0 Å². The van der Waals surface area contributed by atoms with E-state index in [0.717, 1.165) is 64.2 Å². The normalized spacial score (nSPS) is 13.8. The monoisotopic (exact) mass is 892 g/mol. The second-order valence-electron chi connectivity index (χ2n) is 17.0. The van der Waals surface area contributed by atoms with E-state index < -0.39 is 13.9 Å². The Morgan fingerprint density at radius 3 is 1.37 bits per heavy atom. The van der Waals surface area contributed by atoms with Gasteiger partial charge in [-0.15, -0.1) is 0 Å². The molecule has 0 spiro atoms. The van der Waals surface area contributed by atoms with E-state index in [1.165, 1.54) is 148 Å². The van der Waals surface area contributed by atoms with E-state index in [0.29, 0.717) is 13.0 Å². The number of carbonyl (C=O) groups is 1. The van der Waals surface area contributed by atoms with Crippen LogP contribution >= 0.6 is 7.82 Å². The predicted molar refractivity (Wildman–Crippen MR) is 266 cm³/mol. The number of phosphoric acid groups is 1. The van der Waals surface area contributed by atoms with Crippen LogP contribution in [0.1, 0.15) is 232 Å². The molecule has 9 heteroatoms. The molecule has 0 bridgehead atoms. The van der Waals surface area contributed by atoms with Crippen molar-refractivity contribution in [2.24, 2.45) is 5.73 Å². The number of esters is 1. The van der Waals surface area contributed by atoms with Gasteiger partial charge in [-0.1, -0.05) is 209 Å². The van der Waals surface area contributed by atoms with Crippen molar-refractivity contribution in [1.82, 2.24) is 0 Å². The molecule has 0 aromatic rings. The van der Waals surface area contributed by atoms with Crippen molar-refractivity contribution in [1.29, 1.82) is 0 Å². The summed E-state index contributed by atoms with van der Waals surface area (Å²) in [5, 5.41) is 0. The molecular formula is C53H98NO7P. The van der Waals surface area contributed by atoms with Crippen molar-refractivity contribution < 1.29 is 32.8 Å². The van der Waals surface area contributed by atoms with Crippen molar-refractivity contribution in [3.63, 3.8) is 0 Å². The van der Waals surface area contributed by atoms with Gasteiger partial charge in [0.15, 0.2) is 0 Å². The zero-order valence-corrected chi connectivity index (χ0v) is 41.2. The zero-order valence-electron chi connectivity index (χ0n) is 40.3. The van der Waals surface area contributed by atoms with Crippen molar-refractivity contribution >= 4 is 13.8 Å². The largest absolute Gasteiger partial charge is 0.472 e. The molecule has 62 heavy (non-hydrogen) atoms. The molecule has 0 heterocycles. The van der Waals surface area contributed by atoms with E-state index in [1.54, 1.807) is 0 Å². The lowest BCUT2D eigenvalue weighted by Crippen LogP contribution is -2.28. The fourth-order valence-electron chi connectivity index (χ4n) is 7.16. The first-order valence-electron chi connectivity index (χ1n) is 25.8. The summed E-state index contributed by atoms with van der Waals surface area (Å²) in [6.07, 6.45) is 62.5. The van der Waals surface area contributed by atoms with Crippen molar-refractivity contribution in [3.8, 4) is 0 Å². The van der Waals surface area contributed by atoms with Crippen LogP contribution in [0.2, 0.25) is 0 Å². The number of nitrogens with two attached hydrogens (primary N) is 1. The average molecular weight is 892 g/mol. The van der Waals surface area contributed by atoms with Gasteiger partial charge in [-0.25, -0.2) is 4.57 Å². The molecule has 0 aliphatic heterocycles. The maximum absolute atomic E-state index is 12.7. The van der Waals surface area contributed by atoms with E-state index in [-0.39, 0.29) is 32.3 Å². The molecule has 0 amide bonds. The summed E-state index contributed by atoms with van der Waals surface area (Å²) in [6, 6.07) is 0. The number of hydrogen-bond acceptors (Lipinski definition) is 7. The minimum atomic E-state index is -4.29. The molecule has 3 N–H and O–H groups in total. The van der Waals surface area contributed by atoms with E-state index in [4.69, 9.17) is 24.3 Å². The molecular weight excluding hydrogens is 794 g/mol. The molecule has 0 saturated heterocycles. The van der Waals surface area contributed by atoms with Gasteiger partial charge >= 0.3 is 13.8 Å². The van der Waals surface area contributed by atoms with Gasteiger partial charge in [0.05, 0.1) is 19.8 Å². The van der Waals surface area contributed by atoms with Crippen LogP contribution in [0.3, 0.4) is 0 Å². The molecule has 362 valence electrons. The van der Waals surface area contributed by atoms with Gasteiger partial charge in [-0.2, -0.15) is 0 Å². The van der Waals surface area contributed by atoms with Crippen LogP contribution in [-0.4, -0.2) is 49.9 Å². The Morgan fingerprint density at radius 2 is 0.903 bits per heavy atom. The summed E-state index contributed by atoms with van der Waals surface area (Å²) in [6.45, 7) is 4.80. The summed E-state index contributed by atoms with van der Waals surface area (Å²) >= 11 is 0. The van der Waals surface area contributed by atoms with Gasteiger partial charge in [0.1, 0.15) is 6.10 Å². The van der Waals surface area contributed by atoms with Crippen molar-refractivity contribution in [2.75, 3.05) is 33.0 Å². The molecule has 0 aromatic carbocycles. The summed E-state index contributed by atoms with van der Waals surface area (Å²) in [5.41, 5.74) is 5.39. The third-order valence-corrected chi connectivity index (χ3v) is 11.9. The number of allylic oxidation sites excluding steroid dienone is 10. The molecule has 2 unspecified atom stereocenters. The number of carbonyl (C=O) groups excluding carboxylic acids is 1. The minimum Gasteiger partial charge on any atom is -0.457 e. The Balaban J connectivity index is 3.95. The molecule has 2 atom stereocenters. The zero-order chi connectivity index (χ0) is 45.1. The summed E-state index contributed by atoms with van der Waals surface area (Å²) in [5.74, 6) is -0.334. The molecule has 0 aliphatic carbocycles. The summed E-state index contributed by atoms with van der Waals surface area (Å²) in [4.78, 5) is 22.6. The molecule has 0 rings (SSSR count). The average Bonchev–Trinajstić information content (AvgIpc) is 3.26. The molecule has 0 aromatic heterocycles. The molecule has 0 fully saturated rings. The van der Waals surface area contributed by atoms with Crippen LogP contribution in [-0.2, 0) is 27.9 Å². The van der Waals surface area contributed by atoms with E-state index in [9.17, 15) is 14.3 Å². The highest BCUT2D eigenvalue weighted by molar-refractivity contribution is 7.47. The summed E-state index contributed by atoms with van der Waals surface area (Å²) < 4.78 is 33.6. The highest BCUT2D eigenvalue weighted by Gasteiger charge is 2.25. The third-order valence-electron chi connectivity index (χ3n) is 10.9. The van der Waals surface area contributed by atoms with Gasteiger partial charge in [0.25, 0.3) is 0 Å². The lowest BCUT2D eigenvalue weighted by Gasteiger charge is -2.20. The van der Waals surface area contributed by atoms with Gasteiger partial charge in [-0.3, -0.25) is 13.8 Å². The Labute approximate surface area is 383 Å². The number of phosphoric ester groups is 1. The smallest absolute Gasteiger partial charge is 0.457 e. The minimum absolute atomic E-state index is 0.0964. The van der Waals surface area contributed by atoms with Gasteiger partial charge in [-0.05, 0) is 77.0 Å². The van der Waals surface area contributed by atoms with Crippen molar-refractivity contribution in [3.05, 3.63) is 60.8 Å². The van der Waals surface area contributed by atoms with E-state index in [1.807, 2.05) is 0 Å². The van der Waals surface area contributed by atoms with Crippen LogP contribution in [0.5, 0.6) is 0 Å². The number of unbranched alkanes of at least 4 members (excludes halogenated alkanes) is 26. The van der Waals surface area contributed by atoms with Crippen LogP contribution < -0.4 is 5.73 Å². The lowest BCUT2D eigenvalue weighted by molar-refractivity contribution is -0.154. The predicted octanol–water partition coefficient (Wildman–Crippen LogP) is 16.1. The first kappa shape index (κ1) is 60.2. The molecule has 0 aliphatic rings. The Bertz CT molecular complexity index is 1140. The third kappa shape index (κ3) is 49.2. The number of hydrogen-bond donors (Lipinski definition) is 2. The van der Waals surface area contributed by atoms with Crippen LogP contribution in [0.25, 0.3) is 0 Å². The topological polar surface area (TPSA) is 117 Å². The Hall–Kier alpha value is -1.80. The Kier molecular flexibility index (Phi) is 48.7. The standard InChI is InChI=1S/C53H98NO7P/c1-3-5-7-9-11-13-15-17-19-21-23-25-26-27-28-30-32-34-36-38-40-42-44-46-53(55)61-52(51-60-62(56,57)59-49-47-54)50-58-48-45-43-41-39-37-35-33-31-29-24-22-20-18-16-14-12-10-8-6-4-2/h6,8,12,14,18,20-21,23-24,29,52H,3-5,7,9-11,13,15-17,19,22,25-28,30-51,54H2,1-2H3,(H,56,57)/b8-6-,14-12-,20-18-,23-21-,29-24-.